The van der Waals surface area contributed by atoms with E-state index in [2.05, 4.69) is 10.6 Å². The van der Waals surface area contributed by atoms with Crippen LogP contribution in [0, 0.1) is 0 Å². The van der Waals surface area contributed by atoms with Gasteiger partial charge in [0.15, 0.2) is 0 Å². The van der Waals surface area contributed by atoms with Crippen molar-refractivity contribution in [2.45, 2.75) is 32.4 Å². The Morgan fingerprint density at radius 1 is 1.15 bits per heavy atom. The minimum Gasteiger partial charge on any atom is -0.331 e. The van der Waals surface area contributed by atoms with Gasteiger partial charge in [-0.3, -0.25) is 0 Å². The maximum absolute atomic E-state index is 12.1. The van der Waals surface area contributed by atoms with Crippen LogP contribution in [0.15, 0.2) is 42.5 Å². The van der Waals surface area contributed by atoms with Gasteiger partial charge in [-0.15, -0.1) is 0 Å². The Balaban J connectivity index is 2.19. The van der Waals surface area contributed by atoms with E-state index in [-0.39, 0.29) is 12.1 Å². The number of fused-ring (bicyclic) bond motifs is 1. The van der Waals surface area contributed by atoms with E-state index in [4.69, 9.17) is 5.73 Å². The summed E-state index contributed by atoms with van der Waals surface area (Å²) < 4.78 is 0. The lowest BCUT2D eigenvalue weighted by Gasteiger charge is -2.30. The third kappa shape index (κ3) is 3.08. The fraction of sp³-hybridized carbons (Fsp3) is 0.312. The Morgan fingerprint density at radius 3 is 2.50 bits per heavy atom. The number of urea groups is 1. The molecule has 4 N–H and O–H groups in total. The van der Waals surface area contributed by atoms with E-state index in [1.165, 1.54) is 0 Å². The average Bonchev–Trinajstić information content (AvgIpc) is 2.38. The molecule has 2 rings (SSSR count). The highest BCUT2D eigenvalue weighted by molar-refractivity contribution is 6.01. The van der Waals surface area contributed by atoms with E-state index in [1.54, 1.807) is 0 Å². The zero-order valence-corrected chi connectivity index (χ0v) is 12.1. The zero-order chi connectivity index (χ0) is 14.8. The van der Waals surface area contributed by atoms with Crippen molar-refractivity contribution in [3.05, 3.63) is 42.5 Å². The van der Waals surface area contributed by atoms with Crippen molar-refractivity contribution < 1.29 is 4.79 Å². The SMILES string of the molecule is CC(N)C(C)(C)NC(=O)Nc1cccc2ccccc12. The molecule has 2 aromatic carbocycles. The summed E-state index contributed by atoms with van der Waals surface area (Å²) in [7, 11) is 0. The summed E-state index contributed by atoms with van der Waals surface area (Å²) in [6.07, 6.45) is 0. The van der Waals surface area contributed by atoms with Crippen LogP contribution in [0.3, 0.4) is 0 Å². The van der Waals surface area contributed by atoms with Crippen molar-refractivity contribution in [2.75, 3.05) is 5.32 Å². The number of nitrogens with two attached hydrogens (primary N) is 1. The monoisotopic (exact) mass is 271 g/mol. The third-order valence-electron chi connectivity index (χ3n) is 3.61. The van der Waals surface area contributed by atoms with Gasteiger partial charge in [-0.05, 0) is 32.2 Å². The molecule has 0 radical (unpaired) electrons. The maximum Gasteiger partial charge on any atom is 0.319 e. The molecule has 1 atom stereocenters. The lowest BCUT2D eigenvalue weighted by molar-refractivity contribution is 0.237. The molecule has 0 saturated heterocycles. The van der Waals surface area contributed by atoms with Gasteiger partial charge in [0.05, 0.1) is 11.2 Å². The molecular formula is C16H21N3O. The van der Waals surface area contributed by atoms with E-state index in [1.807, 2.05) is 63.2 Å². The van der Waals surface area contributed by atoms with E-state index < -0.39 is 5.54 Å². The van der Waals surface area contributed by atoms with Crippen molar-refractivity contribution in [2.24, 2.45) is 5.73 Å². The number of hydrogen-bond donors (Lipinski definition) is 3. The first-order valence-electron chi connectivity index (χ1n) is 6.72. The van der Waals surface area contributed by atoms with Gasteiger partial charge in [0.1, 0.15) is 0 Å². The minimum atomic E-state index is -0.464. The van der Waals surface area contributed by atoms with Crippen LogP contribution < -0.4 is 16.4 Å². The summed E-state index contributed by atoms with van der Waals surface area (Å²) in [6.45, 7) is 5.68. The molecule has 1 unspecified atom stereocenters. The summed E-state index contributed by atoms with van der Waals surface area (Å²) in [6, 6.07) is 13.4. The van der Waals surface area contributed by atoms with Gasteiger partial charge in [0, 0.05) is 11.4 Å². The highest BCUT2D eigenvalue weighted by Gasteiger charge is 2.24. The van der Waals surface area contributed by atoms with E-state index in [0.29, 0.717) is 0 Å². The number of nitrogens with one attached hydrogen (secondary N) is 2. The number of benzene rings is 2. The summed E-state index contributed by atoms with van der Waals surface area (Å²) in [5.41, 5.74) is 6.19. The second-order valence-corrected chi connectivity index (χ2v) is 5.62. The van der Waals surface area contributed by atoms with Crippen molar-refractivity contribution in [1.29, 1.82) is 0 Å². The molecule has 0 heterocycles. The molecular weight excluding hydrogens is 250 g/mol. The van der Waals surface area contributed by atoms with Gasteiger partial charge in [0.2, 0.25) is 0 Å². The molecule has 0 fully saturated rings. The lowest BCUT2D eigenvalue weighted by Crippen LogP contribution is -2.55. The second kappa shape index (κ2) is 5.51. The van der Waals surface area contributed by atoms with Crippen LogP contribution >= 0.6 is 0 Å². The first-order chi connectivity index (χ1) is 9.40. The normalized spacial score (nSPS) is 13.0. The van der Waals surface area contributed by atoms with E-state index >= 15 is 0 Å². The molecule has 0 aliphatic rings. The predicted molar refractivity (Wildman–Crippen MR) is 83.8 cm³/mol. The van der Waals surface area contributed by atoms with Gasteiger partial charge in [0.25, 0.3) is 0 Å². The third-order valence-corrected chi connectivity index (χ3v) is 3.61. The first kappa shape index (κ1) is 14.3. The van der Waals surface area contributed by atoms with Crippen LogP contribution in [0.1, 0.15) is 20.8 Å². The highest BCUT2D eigenvalue weighted by atomic mass is 16.2. The maximum atomic E-state index is 12.1. The van der Waals surface area contributed by atoms with Crippen LogP contribution in [0.25, 0.3) is 10.8 Å². The Labute approximate surface area is 119 Å². The topological polar surface area (TPSA) is 67.1 Å². The van der Waals surface area contributed by atoms with Crippen LogP contribution in [-0.2, 0) is 0 Å². The van der Waals surface area contributed by atoms with Gasteiger partial charge >= 0.3 is 6.03 Å². The fourth-order valence-electron chi connectivity index (χ4n) is 1.89. The van der Waals surface area contributed by atoms with Crippen LogP contribution in [0.2, 0.25) is 0 Å². The first-order valence-corrected chi connectivity index (χ1v) is 6.72. The van der Waals surface area contributed by atoms with Gasteiger partial charge < -0.3 is 16.4 Å². The molecule has 0 aliphatic heterocycles. The largest absolute Gasteiger partial charge is 0.331 e. The Hall–Kier alpha value is -2.07. The number of rotatable bonds is 3. The lowest BCUT2D eigenvalue weighted by atomic mass is 9.97. The number of anilines is 1. The summed E-state index contributed by atoms with van der Waals surface area (Å²) in [4.78, 5) is 12.1. The quantitative estimate of drug-likeness (QED) is 0.803. The summed E-state index contributed by atoms with van der Waals surface area (Å²) >= 11 is 0. The highest BCUT2D eigenvalue weighted by Crippen LogP contribution is 2.23. The average molecular weight is 271 g/mol. The van der Waals surface area contributed by atoms with E-state index in [9.17, 15) is 4.79 Å². The number of hydrogen-bond acceptors (Lipinski definition) is 2. The molecule has 106 valence electrons. The minimum absolute atomic E-state index is 0.138. The Morgan fingerprint density at radius 2 is 1.80 bits per heavy atom. The second-order valence-electron chi connectivity index (χ2n) is 5.62. The van der Waals surface area contributed by atoms with Crippen LogP contribution in [0.4, 0.5) is 10.5 Å². The molecule has 4 heteroatoms. The standard InChI is InChI=1S/C16H21N3O/c1-11(17)16(2,3)19-15(20)18-14-10-6-8-12-7-4-5-9-13(12)14/h4-11H,17H2,1-3H3,(H2,18,19,20). The fourth-order valence-corrected chi connectivity index (χ4v) is 1.89. The van der Waals surface area contributed by atoms with Gasteiger partial charge in [-0.25, -0.2) is 4.79 Å². The summed E-state index contributed by atoms with van der Waals surface area (Å²) in [5.74, 6) is 0. The van der Waals surface area contributed by atoms with Crippen molar-refractivity contribution in [1.82, 2.24) is 5.32 Å². The molecule has 20 heavy (non-hydrogen) atoms. The Kier molecular flexibility index (Phi) is 3.95. The van der Waals surface area contributed by atoms with Crippen LogP contribution in [0.5, 0.6) is 0 Å². The van der Waals surface area contributed by atoms with Crippen molar-refractivity contribution in [3.63, 3.8) is 0 Å². The van der Waals surface area contributed by atoms with Crippen LogP contribution in [-0.4, -0.2) is 17.6 Å². The Bertz CT molecular complexity index is 615. The van der Waals surface area contributed by atoms with Gasteiger partial charge in [-0.1, -0.05) is 36.4 Å². The number of carbonyl (C=O) groups excluding carboxylic acids is 1. The zero-order valence-electron chi connectivity index (χ0n) is 12.1. The number of amides is 2. The molecule has 4 nitrogen and oxygen atoms in total. The van der Waals surface area contributed by atoms with Gasteiger partial charge in [-0.2, -0.15) is 0 Å². The molecule has 0 aliphatic carbocycles. The molecule has 0 spiro atoms. The predicted octanol–water partition coefficient (Wildman–Crippen LogP) is 3.09. The smallest absolute Gasteiger partial charge is 0.319 e. The van der Waals surface area contributed by atoms with Crippen molar-refractivity contribution in [3.8, 4) is 0 Å². The molecule has 0 saturated carbocycles. The van der Waals surface area contributed by atoms with Crippen molar-refractivity contribution >= 4 is 22.5 Å². The molecule has 0 aromatic heterocycles. The molecule has 2 amide bonds. The summed E-state index contributed by atoms with van der Waals surface area (Å²) in [5, 5.41) is 7.90. The van der Waals surface area contributed by atoms with E-state index in [0.717, 1.165) is 16.5 Å². The number of carbonyl (C=O) groups is 1. The molecule has 0 bridgehead atoms. The molecule has 2 aromatic rings.